The molecular weight excluding hydrogens is 164 g/mol. The second-order valence-corrected chi connectivity index (χ2v) is 4.76. The minimum Gasteiger partial charge on any atom is -0.394 e. The van der Waals surface area contributed by atoms with Crippen LogP contribution in [-0.4, -0.2) is 48.3 Å². The van der Waals surface area contributed by atoms with Gasteiger partial charge in [0.2, 0.25) is 0 Å². The lowest BCUT2D eigenvalue weighted by atomic mass is 9.99. The Morgan fingerprint density at radius 3 is 2.38 bits per heavy atom. The fourth-order valence-electron chi connectivity index (χ4n) is 1.75. The van der Waals surface area contributed by atoms with Crippen molar-refractivity contribution in [3.63, 3.8) is 0 Å². The molecule has 0 aromatic rings. The molecule has 0 amide bonds. The molecule has 2 N–H and O–H groups in total. The van der Waals surface area contributed by atoms with Crippen molar-refractivity contribution in [2.24, 2.45) is 0 Å². The van der Waals surface area contributed by atoms with Crippen LogP contribution in [0.3, 0.4) is 0 Å². The van der Waals surface area contributed by atoms with Crippen LogP contribution < -0.4 is 5.32 Å². The number of aliphatic hydroxyl groups excluding tert-OH is 1. The second kappa shape index (κ2) is 4.40. The van der Waals surface area contributed by atoms with Crippen LogP contribution in [0.25, 0.3) is 0 Å². The van der Waals surface area contributed by atoms with Gasteiger partial charge in [-0.3, -0.25) is 0 Å². The number of hydrogen-bond acceptors (Lipinski definition) is 3. The number of piperidine rings is 1. The van der Waals surface area contributed by atoms with Gasteiger partial charge in [0.1, 0.15) is 0 Å². The van der Waals surface area contributed by atoms with Crippen LogP contribution in [0.5, 0.6) is 0 Å². The van der Waals surface area contributed by atoms with Crippen molar-refractivity contribution in [2.45, 2.75) is 38.3 Å². The second-order valence-electron chi connectivity index (χ2n) is 4.76. The van der Waals surface area contributed by atoms with Crippen molar-refractivity contribution < 1.29 is 5.11 Å². The average molecular weight is 186 g/mol. The molecule has 0 bridgehead atoms. The van der Waals surface area contributed by atoms with Crippen LogP contribution in [0, 0.1) is 0 Å². The van der Waals surface area contributed by atoms with Gasteiger partial charge in [-0.25, -0.2) is 0 Å². The van der Waals surface area contributed by atoms with Gasteiger partial charge < -0.3 is 15.3 Å². The van der Waals surface area contributed by atoms with Gasteiger partial charge in [-0.15, -0.1) is 0 Å². The van der Waals surface area contributed by atoms with Gasteiger partial charge in [0.05, 0.1) is 6.61 Å². The topological polar surface area (TPSA) is 35.5 Å². The highest BCUT2D eigenvalue weighted by atomic mass is 16.3. The van der Waals surface area contributed by atoms with E-state index < -0.39 is 0 Å². The third-order valence-corrected chi connectivity index (χ3v) is 2.71. The van der Waals surface area contributed by atoms with E-state index in [2.05, 4.69) is 17.3 Å². The zero-order valence-electron chi connectivity index (χ0n) is 9.01. The summed E-state index contributed by atoms with van der Waals surface area (Å²) in [6.45, 7) is 6.63. The number of nitrogens with one attached hydrogen (secondary N) is 1. The van der Waals surface area contributed by atoms with Crippen molar-refractivity contribution in [3.8, 4) is 0 Å². The molecule has 1 heterocycles. The first-order valence-corrected chi connectivity index (χ1v) is 5.10. The smallest absolute Gasteiger partial charge is 0.0607 e. The minimum atomic E-state index is -0.124. The maximum Gasteiger partial charge on any atom is 0.0607 e. The van der Waals surface area contributed by atoms with Crippen LogP contribution in [-0.2, 0) is 0 Å². The van der Waals surface area contributed by atoms with Gasteiger partial charge in [0.15, 0.2) is 0 Å². The molecule has 1 rings (SSSR count). The molecule has 0 aromatic heterocycles. The van der Waals surface area contributed by atoms with Crippen LogP contribution >= 0.6 is 0 Å². The van der Waals surface area contributed by atoms with Crippen molar-refractivity contribution in [1.29, 1.82) is 0 Å². The van der Waals surface area contributed by atoms with Crippen LogP contribution in [0.4, 0.5) is 0 Å². The Balaban J connectivity index is 2.30. The lowest BCUT2D eigenvalue weighted by molar-refractivity contribution is 0.148. The van der Waals surface area contributed by atoms with E-state index in [1.807, 2.05) is 13.8 Å². The third-order valence-electron chi connectivity index (χ3n) is 2.71. The summed E-state index contributed by atoms with van der Waals surface area (Å²) in [5.41, 5.74) is -0.124. The van der Waals surface area contributed by atoms with Gasteiger partial charge in [0, 0.05) is 11.6 Å². The molecule has 1 aliphatic rings. The maximum atomic E-state index is 9.10. The van der Waals surface area contributed by atoms with Crippen molar-refractivity contribution >= 4 is 0 Å². The first kappa shape index (κ1) is 11.0. The minimum absolute atomic E-state index is 0.124. The van der Waals surface area contributed by atoms with Crippen molar-refractivity contribution in [2.75, 3.05) is 26.7 Å². The van der Waals surface area contributed by atoms with E-state index >= 15 is 0 Å². The molecule has 0 saturated carbocycles. The Hall–Kier alpha value is -0.120. The Morgan fingerprint density at radius 2 is 1.92 bits per heavy atom. The highest BCUT2D eigenvalue weighted by Crippen LogP contribution is 2.12. The molecule has 13 heavy (non-hydrogen) atoms. The molecule has 0 radical (unpaired) electrons. The zero-order valence-corrected chi connectivity index (χ0v) is 9.01. The summed E-state index contributed by atoms with van der Waals surface area (Å²) < 4.78 is 0. The lowest BCUT2D eigenvalue weighted by Gasteiger charge is -2.35. The summed E-state index contributed by atoms with van der Waals surface area (Å²) >= 11 is 0. The first-order valence-electron chi connectivity index (χ1n) is 5.10. The fourth-order valence-corrected chi connectivity index (χ4v) is 1.75. The molecule has 1 saturated heterocycles. The van der Waals surface area contributed by atoms with Gasteiger partial charge >= 0.3 is 0 Å². The predicted molar refractivity (Wildman–Crippen MR) is 54.8 cm³/mol. The molecule has 0 spiro atoms. The molecule has 3 nitrogen and oxygen atoms in total. The summed E-state index contributed by atoms with van der Waals surface area (Å²) in [6.07, 6.45) is 2.39. The van der Waals surface area contributed by atoms with E-state index in [1.54, 1.807) is 0 Å². The van der Waals surface area contributed by atoms with E-state index in [9.17, 15) is 0 Å². The van der Waals surface area contributed by atoms with E-state index in [4.69, 9.17) is 5.11 Å². The standard InChI is InChI=1S/C10H22N2O/c1-10(2,8-13)11-9-4-6-12(3)7-5-9/h9,11,13H,4-8H2,1-3H3. The number of aliphatic hydroxyl groups is 1. The number of nitrogens with zero attached hydrogens (tertiary/aromatic N) is 1. The summed E-state index contributed by atoms with van der Waals surface area (Å²) in [5.74, 6) is 0. The van der Waals surface area contributed by atoms with Gasteiger partial charge in [-0.2, -0.15) is 0 Å². The molecule has 1 fully saturated rings. The van der Waals surface area contributed by atoms with E-state index in [-0.39, 0.29) is 12.1 Å². The monoisotopic (exact) mass is 186 g/mol. The Kier molecular flexibility index (Phi) is 3.71. The maximum absolute atomic E-state index is 9.10. The molecular formula is C10H22N2O. The van der Waals surface area contributed by atoms with Crippen LogP contribution in [0.1, 0.15) is 26.7 Å². The van der Waals surface area contributed by atoms with Gasteiger partial charge in [-0.1, -0.05) is 0 Å². The Bertz CT molecular complexity index is 151. The van der Waals surface area contributed by atoms with E-state index in [0.29, 0.717) is 6.04 Å². The summed E-state index contributed by atoms with van der Waals surface area (Å²) in [4.78, 5) is 2.35. The fraction of sp³-hybridized carbons (Fsp3) is 1.00. The molecule has 3 heteroatoms. The highest BCUT2D eigenvalue weighted by Gasteiger charge is 2.23. The molecule has 0 atom stereocenters. The first-order chi connectivity index (χ1) is 6.03. The Labute approximate surface area is 81.1 Å². The van der Waals surface area contributed by atoms with Gasteiger partial charge in [0.25, 0.3) is 0 Å². The normalized spacial score (nSPS) is 22.2. The average Bonchev–Trinajstić information content (AvgIpc) is 2.09. The number of rotatable bonds is 3. The third kappa shape index (κ3) is 3.63. The quantitative estimate of drug-likeness (QED) is 0.671. The Morgan fingerprint density at radius 1 is 1.38 bits per heavy atom. The lowest BCUT2D eigenvalue weighted by Crippen LogP contribution is -2.51. The zero-order chi connectivity index (χ0) is 9.90. The van der Waals surface area contributed by atoms with Gasteiger partial charge in [-0.05, 0) is 46.8 Å². The van der Waals surface area contributed by atoms with Crippen molar-refractivity contribution in [1.82, 2.24) is 10.2 Å². The summed E-state index contributed by atoms with van der Waals surface area (Å²) in [6, 6.07) is 0.582. The number of hydrogen-bond donors (Lipinski definition) is 2. The summed E-state index contributed by atoms with van der Waals surface area (Å²) in [7, 11) is 2.16. The summed E-state index contributed by atoms with van der Waals surface area (Å²) in [5, 5.41) is 12.6. The van der Waals surface area contributed by atoms with E-state index in [0.717, 1.165) is 0 Å². The number of likely N-dealkylation sites (tertiary alicyclic amines) is 1. The van der Waals surface area contributed by atoms with Crippen LogP contribution in [0.2, 0.25) is 0 Å². The SMILES string of the molecule is CN1CCC(NC(C)(C)CO)CC1. The molecule has 0 unspecified atom stereocenters. The molecule has 1 aliphatic heterocycles. The van der Waals surface area contributed by atoms with E-state index in [1.165, 1.54) is 25.9 Å². The molecule has 0 aromatic carbocycles. The largest absolute Gasteiger partial charge is 0.394 e. The highest BCUT2D eigenvalue weighted by molar-refractivity contribution is 4.84. The predicted octanol–water partition coefficient (Wildman–Crippen LogP) is 0.441. The van der Waals surface area contributed by atoms with Crippen LogP contribution in [0.15, 0.2) is 0 Å². The molecule has 0 aliphatic carbocycles. The molecule has 78 valence electrons. The van der Waals surface area contributed by atoms with Crippen molar-refractivity contribution in [3.05, 3.63) is 0 Å².